The Morgan fingerprint density at radius 2 is 1.63 bits per heavy atom. The Labute approximate surface area is 111 Å². The lowest BCUT2D eigenvalue weighted by Crippen LogP contribution is -2.37. The first-order valence-corrected chi connectivity index (χ1v) is 6.80. The van der Waals surface area contributed by atoms with Gasteiger partial charge in [0.1, 0.15) is 6.61 Å². The minimum absolute atomic E-state index is 0.00792. The molecule has 0 aromatic rings. The normalized spacial score (nSPS) is 18.2. The maximum atomic E-state index is 11.9. The van der Waals surface area contributed by atoms with Gasteiger partial charge in [-0.05, 0) is 31.6 Å². The van der Waals surface area contributed by atoms with Gasteiger partial charge in [-0.1, -0.05) is 12.8 Å². The molecule has 0 saturated heterocycles. The Kier molecular flexibility index (Phi) is 6.56. The lowest BCUT2D eigenvalue weighted by Gasteiger charge is -2.36. The van der Waals surface area contributed by atoms with Gasteiger partial charge in [0.2, 0.25) is 0 Å². The summed E-state index contributed by atoms with van der Waals surface area (Å²) in [7, 11) is 0. The highest BCUT2D eigenvalue weighted by atomic mass is 19.4. The lowest BCUT2D eigenvalue weighted by molar-refractivity contribution is -0.174. The first-order valence-electron chi connectivity index (χ1n) is 6.80. The summed E-state index contributed by atoms with van der Waals surface area (Å²) >= 11 is 0. The summed E-state index contributed by atoms with van der Waals surface area (Å²) in [6, 6.07) is 0. The van der Waals surface area contributed by atoms with Gasteiger partial charge in [0, 0.05) is 12.0 Å². The van der Waals surface area contributed by atoms with E-state index in [2.05, 4.69) is 4.74 Å². The average Bonchev–Trinajstić information content (AvgIpc) is 2.87. The van der Waals surface area contributed by atoms with Gasteiger partial charge in [-0.2, -0.15) is 13.2 Å². The Bertz CT molecular complexity index is 246. The Balaban J connectivity index is 2.33. The molecule has 114 valence electrons. The monoisotopic (exact) mass is 284 g/mol. The Hall–Kier alpha value is -0.330. The van der Waals surface area contributed by atoms with E-state index in [4.69, 9.17) is 0 Å². The van der Waals surface area contributed by atoms with Gasteiger partial charge in [-0.25, -0.2) is 0 Å². The molecule has 2 N–H and O–H groups in total. The zero-order chi connectivity index (χ0) is 14.4. The van der Waals surface area contributed by atoms with Crippen LogP contribution in [0.15, 0.2) is 0 Å². The smallest absolute Gasteiger partial charge is 0.396 e. The van der Waals surface area contributed by atoms with E-state index < -0.39 is 18.2 Å². The molecule has 1 rings (SSSR count). The SMILES string of the molecule is OCC(CO)(CCCOCC(F)(F)F)C1CCCC1. The Morgan fingerprint density at radius 3 is 2.11 bits per heavy atom. The molecule has 3 nitrogen and oxygen atoms in total. The number of rotatable bonds is 8. The minimum atomic E-state index is -4.30. The number of aliphatic hydroxyl groups excluding tert-OH is 2. The first kappa shape index (κ1) is 16.7. The summed E-state index contributed by atoms with van der Waals surface area (Å²) in [6.45, 7) is -1.46. The van der Waals surface area contributed by atoms with Crippen LogP contribution in [-0.2, 0) is 4.74 Å². The summed E-state index contributed by atoms with van der Waals surface area (Å²) in [5, 5.41) is 19.1. The largest absolute Gasteiger partial charge is 0.411 e. The first-order chi connectivity index (χ1) is 8.93. The molecule has 6 heteroatoms. The highest BCUT2D eigenvalue weighted by Crippen LogP contribution is 2.42. The van der Waals surface area contributed by atoms with Gasteiger partial charge in [0.05, 0.1) is 13.2 Å². The van der Waals surface area contributed by atoms with Crippen LogP contribution >= 0.6 is 0 Å². The molecular weight excluding hydrogens is 261 g/mol. The minimum Gasteiger partial charge on any atom is -0.396 e. The van der Waals surface area contributed by atoms with Crippen LogP contribution in [0.5, 0.6) is 0 Å². The molecule has 0 amide bonds. The van der Waals surface area contributed by atoms with Crippen LogP contribution in [0.3, 0.4) is 0 Å². The number of halogens is 3. The average molecular weight is 284 g/mol. The van der Waals surface area contributed by atoms with Crippen LogP contribution < -0.4 is 0 Å². The van der Waals surface area contributed by atoms with E-state index in [1.54, 1.807) is 0 Å². The predicted octanol–water partition coefficient (Wildman–Crippen LogP) is 2.51. The molecular formula is C13H23F3O3. The molecule has 19 heavy (non-hydrogen) atoms. The zero-order valence-corrected chi connectivity index (χ0v) is 11.1. The van der Waals surface area contributed by atoms with Crippen LogP contribution in [0.25, 0.3) is 0 Å². The van der Waals surface area contributed by atoms with Crippen molar-refractivity contribution in [3.63, 3.8) is 0 Å². The van der Waals surface area contributed by atoms with Crippen LogP contribution in [0.2, 0.25) is 0 Å². The van der Waals surface area contributed by atoms with Crippen LogP contribution in [0.1, 0.15) is 38.5 Å². The van der Waals surface area contributed by atoms with E-state index in [-0.39, 0.29) is 25.7 Å². The van der Waals surface area contributed by atoms with E-state index in [0.29, 0.717) is 12.8 Å². The number of hydrogen-bond acceptors (Lipinski definition) is 3. The molecule has 0 radical (unpaired) electrons. The summed E-state index contributed by atoms with van der Waals surface area (Å²) in [4.78, 5) is 0. The standard InChI is InChI=1S/C13H23F3O3/c14-13(15,16)10-19-7-3-6-12(8-17,9-18)11-4-1-2-5-11/h11,17-18H,1-10H2. The molecule has 1 fully saturated rings. The van der Waals surface area contributed by atoms with Crippen molar-refractivity contribution in [3.05, 3.63) is 0 Å². The third-order valence-electron chi connectivity index (χ3n) is 4.08. The zero-order valence-electron chi connectivity index (χ0n) is 11.1. The fraction of sp³-hybridized carbons (Fsp3) is 1.00. The molecule has 0 unspecified atom stereocenters. The second-order valence-electron chi connectivity index (χ2n) is 5.43. The summed E-state index contributed by atoms with van der Waals surface area (Å²) < 4.78 is 40.2. The number of aliphatic hydroxyl groups is 2. The predicted molar refractivity (Wildman–Crippen MR) is 64.7 cm³/mol. The van der Waals surface area contributed by atoms with Crippen LogP contribution in [0, 0.1) is 11.3 Å². The fourth-order valence-corrected chi connectivity index (χ4v) is 2.92. The quantitative estimate of drug-likeness (QED) is 0.673. The lowest BCUT2D eigenvalue weighted by atomic mass is 9.72. The number of alkyl halides is 3. The van der Waals surface area contributed by atoms with Crippen molar-refractivity contribution in [2.45, 2.75) is 44.7 Å². The van der Waals surface area contributed by atoms with Gasteiger partial charge >= 0.3 is 6.18 Å². The van der Waals surface area contributed by atoms with Crippen LogP contribution in [0.4, 0.5) is 13.2 Å². The number of hydrogen-bond donors (Lipinski definition) is 2. The molecule has 0 aliphatic heterocycles. The van der Waals surface area contributed by atoms with Crippen molar-refractivity contribution in [2.24, 2.45) is 11.3 Å². The van der Waals surface area contributed by atoms with Crippen molar-refractivity contribution in [3.8, 4) is 0 Å². The molecule has 1 aliphatic rings. The third-order valence-corrected chi connectivity index (χ3v) is 4.08. The van der Waals surface area contributed by atoms with Gasteiger partial charge in [0.25, 0.3) is 0 Å². The summed E-state index contributed by atoms with van der Waals surface area (Å²) in [5.41, 5.74) is -0.557. The van der Waals surface area contributed by atoms with E-state index in [9.17, 15) is 23.4 Å². The highest BCUT2D eigenvalue weighted by Gasteiger charge is 2.38. The molecule has 0 atom stereocenters. The topological polar surface area (TPSA) is 49.7 Å². The molecule has 1 aliphatic carbocycles. The van der Waals surface area contributed by atoms with Crippen molar-refractivity contribution < 1.29 is 28.1 Å². The molecule has 0 aromatic heterocycles. The highest BCUT2D eigenvalue weighted by molar-refractivity contribution is 4.88. The summed E-state index contributed by atoms with van der Waals surface area (Å²) in [6.07, 6.45) is 0.774. The molecule has 1 saturated carbocycles. The van der Waals surface area contributed by atoms with Gasteiger partial charge < -0.3 is 14.9 Å². The van der Waals surface area contributed by atoms with E-state index >= 15 is 0 Å². The number of ether oxygens (including phenoxy) is 1. The molecule has 0 heterocycles. The van der Waals surface area contributed by atoms with E-state index in [0.717, 1.165) is 25.7 Å². The second-order valence-corrected chi connectivity index (χ2v) is 5.43. The van der Waals surface area contributed by atoms with Crippen molar-refractivity contribution in [2.75, 3.05) is 26.4 Å². The van der Waals surface area contributed by atoms with Gasteiger partial charge in [-0.15, -0.1) is 0 Å². The van der Waals surface area contributed by atoms with Gasteiger partial charge in [0.15, 0.2) is 0 Å². The molecule has 0 bridgehead atoms. The second kappa shape index (κ2) is 7.45. The van der Waals surface area contributed by atoms with Gasteiger partial charge in [-0.3, -0.25) is 0 Å². The summed E-state index contributed by atoms with van der Waals surface area (Å²) in [5.74, 6) is 0.269. The maximum absolute atomic E-state index is 11.9. The third kappa shape index (κ3) is 5.28. The van der Waals surface area contributed by atoms with Crippen molar-refractivity contribution in [1.82, 2.24) is 0 Å². The molecule has 0 spiro atoms. The molecule has 0 aromatic carbocycles. The maximum Gasteiger partial charge on any atom is 0.411 e. The van der Waals surface area contributed by atoms with Crippen molar-refractivity contribution in [1.29, 1.82) is 0 Å². The van der Waals surface area contributed by atoms with Crippen LogP contribution in [-0.4, -0.2) is 42.8 Å². The fourth-order valence-electron chi connectivity index (χ4n) is 2.92. The van der Waals surface area contributed by atoms with Crippen molar-refractivity contribution >= 4 is 0 Å². The van der Waals surface area contributed by atoms with E-state index in [1.165, 1.54) is 0 Å². The Morgan fingerprint density at radius 1 is 1.05 bits per heavy atom. The van der Waals surface area contributed by atoms with E-state index in [1.807, 2.05) is 0 Å².